The van der Waals surface area contributed by atoms with Crippen LogP contribution in [0, 0.1) is 13.8 Å². The number of aliphatic hydroxyl groups is 1. The molecule has 4 nitrogen and oxygen atoms in total. The minimum Gasteiger partial charge on any atom is -0.396 e. The van der Waals surface area contributed by atoms with Crippen molar-refractivity contribution in [3.8, 4) is 0 Å². The standard InChI is InChI=1S/C17H22O4/c1-9-8-12-13(10(2)11(9)6-7-18)14(19)17(5)15(12)20-16(3,4)21-17/h8,15,18H,6-7H2,1-5H3/t15-,17+/m1/s1. The molecule has 1 aromatic carbocycles. The highest BCUT2D eigenvalue weighted by Crippen LogP contribution is 2.53. The minimum atomic E-state index is -0.944. The van der Waals surface area contributed by atoms with E-state index in [2.05, 4.69) is 0 Å². The summed E-state index contributed by atoms with van der Waals surface area (Å²) in [6.07, 6.45) is 0.211. The van der Waals surface area contributed by atoms with Gasteiger partial charge in [-0.2, -0.15) is 0 Å². The van der Waals surface area contributed by atoms with Crippen LogP contribution in [-0.4, -0.2) is 28.9 Å². The molecule has 0 saturated carbocycles. The summed E-state index contributed by atoms with van der Waals surface area (Å²) in [7, 11) is 0. The molecular weight excluding hydrogens is 268 g/mol. The number of ether oxygens (including phenoxy) is 2. The molecule has 1 aliphatic heterocycles. The Kier molecular flexibility index (Phi) is 3.07. The largest absolute Gasteiger partial charge is 0.396 e. The van der Waals surface area contributed by atoms with Crippen LogP contribution >= 0.6 is 0 Å². The van der Waals surface area contributed by atoms with Gasteiger partial charge in [-0.3, -0.25) is 4.79 Å². The number of aryl methyl sites for hydroxylation is 1. The summed E-state index contributed by atoms with van der Waals surface area (Å²) in [5.74, 6) is -0.761. The molecule has 0 spiro atoms. The van der Waals surface area contributed by atoms with E-state index in [0.29, 0.717) is 12.0 Å². The Morgan fingerprint density at radius 2 is 1.95 bits per heavy atom. The fourth-order valence-corrected chi connectivity index (χ4v) is 3.82. The van der Waals surface area contributed by atoms with Crippen molar-refractivity contribution in [3.63, 3.8) is 0 Å². The first-order chi connectivity index (χ1) is 9.71. The zero-order valence-electron chi connectivity index (χ0n) is 13.2. The highest BCUT2D eigenvalue weighted by molar-refractivity contribution is 6.09. The zero-order valence-corrected chi connectivity index (χ0v) is 13.2. The van der Waals surface area contributed by atoms with Crippen LogP contribution in [0.1, 0.15) is 59.5 Å². The predicted molar refractivity (Wildman–Crippen MR) is 78.4 cm³/mol. The molecule has 1 N–H and O–H groups in total. The average molecular weight is 290 g/mol. The Hall–Kier alpha value is -1.23. The molecule has 2 atom stereocenters. The van der Waals surface area contributed by atoms with Crippen molar-refractivity contribution in [1.29, 1.82) is 0 Å². The smallest absolute Gasteiger partial charge is 0.198 e. The number of hydrogen-bond acceptors (Lipinski definition) is 4. The van der Waals surface area contributed by atoms with E-state index in [-0.39, 0.29) is 18.5 Å². The Morgan fingerprint density at radius 1 is 1.29 bits per heavy atom. The molecule has 0 aromatic heterocycles. The number of rotatable bonds is 2. The molecule has 21 heavy (non-hydrogen) atoms. The number of carbonyl (C=O) groups is 1. The second-order valence-electron chi connectivity index (χ2n) is 6.67. The van der Waals surface area contributed by atoms with Gasteiger partial charge in [0.2, 0.25) is 0 Å². The SMILES string of the molecule is Cc1cc2c(c(C)c1CCO)C(=O)[C@]1(C)OC(C)(C)O[C@H]21. The molecule has 4 heteroatoms. The summed E-state index contributed by atoms with van der Waals surface area (Å²) < 4.78 is 11.9. The molecule has 1 aliphatic carbocycles. The third-order valence-corrected chi connectivity index (χ3v) is 4.65. The lowest BCUT2D eigenvalue weighted by atomic mass is 9.92. The molecule has 0 unspecified atom stereocenters. The topological polar surface area (TPSA) is 55.8 Å². The fourth-order valence-electron chi connectivity index (χ4n) is 3.82. The van der Waals surface area contributed by atoms with Crippen LogP contribution in [0.15, 0.2) is 6.07 Å². The van der Waals surface area contributed by atoms with Crippen molar-refractivity contribution in [2.75, 3.05) is 6.61 Å². The summed E-state index contributed by atoms with van der Waals surface area (Å²) in [4.78, 5) is 12.9. The Bertz CT molecular complexity index is 632. The van der Waals surface area contributed by atoms with E-state index in [9.17, 15) is 9.90 Å². The van der Waals surface area contributed by atoms with Crippen molar-refractivity contribution < 1.29 is 19.4 Å². The van der Waals surface area contributed by atoms with Crippen LogP contribution in [0.25, 0.3) is 0 Å². The maximum Gasteiger partial charge on any atom is 0.198 e. The number of carbonyl (C=O) groups excluding carboxylic acids is 1. The highest BCUT2D eigenvalue weighted by atomic mass is 16.8. The van der Waals surface area contributed by atoms with Gasteiger partial charge in [0.1, 0.15) is 6.10 Å². The Balaban J connectivity index is 2.19. The molecule has 0 radical (unpaired) electrons. The summed E-state index contributed by atoms with van der Waals surface area (Å²) in [6, 6.07) is 2.02. The predicted octanol–water partition coefficient (Wildman–Crippen LogP) is 2.62. The van der Waals surface area contributed by atoms with Gasteiger partial charge in [0.05, 0.1) is 0 Å². The lowest BCUT2D eigenvalue weighted by Gasteiger charge is -2.22. The quantitative estimate of drug-likeness (QED) is 0.909. The molecule has 1 aromatic rings. The molecule has 1 saturated heterocycles. The number of benzene rings is 1. The zero-order chi connectivity index (χ0) is 15.6. The molecule has 2 aliphatic rings. The molecule has 1 fully saturated rings. The second-order valence-corrected chi connectivity index (χ2v) is 6.67. The molecule has 3 rings (SSSR count). The van der Waals surface area contributed by atoms with Gasteiger partial charge in [0.25, 0.3) is 0 Å². The normalized spacial score (nSPS) is 29.6. The highest BCUT2D eigenvalue weighted by Gasteiger charge is 2.61. The summed E-state index contributed by atoms with van der Waals surface area (Å²) >= 11 is 0. The van der Waals surface area contributed by atoms with Crippen LogP contribution in [0.5, 0.6) is 0 Å². The monoisotopic (exact) mass is 290 g/mol. The molecular formula is C17H22O4. The Labute approximate surface area is 125 Å². The van der Waals surface area contributed by atoms with Crippen LogP contribution in [0.4, 0.5) is 0 Å². The second kappa shape index (κ2) is 4.38. The maximum atomic E-state index is 12.9. The number of hydrogen-bond donors (Lipinski definition) is 1. The molecule has 0 amide bonds. The van der Waals surface area contributed by atoms with E-state index in [1.165, 1.54) is 0 Å². The lowest BCUT2D eigenvalue weighted by molar-refractivity contribution is -0.155. The van der Waals surface area contributed by atoms with Gasteiger partial charge in [-0.15, -0.1) is 0 Å². The van der Waals surface area contributed by atoms with Gasteiger partial charge in [0.15, 0.2) is 17.2 Å². The van der Waals surface area contributed by atoms with E-state index < -0.39 is 11.4 Å². The fraction of sp³-hybridized carbons (Fsp3) is 0.588. The first kappa shape index (κ1) is 14.7. The molecule has 1 heterocycles. The first-order valence-corrected chi connectivity index (χ1v) is 7.38. The average Bonchev–Trinajstić information content (AvgIpc) is 2.73. The van der Waals surface area contributed by atoms with Gasteiger partial charge in [-0.1, -0.05) is 6.07 Å². The van der Waals surface area contributed by atoms with Crippen LogP contribution in [-0.2, 0) is 15.9 Å². The van der Waals surface area contributed by atoms with Gasteiger partial charge < -0.3 is 14.6 Å². The van der Waals surface area contributed by atoms with Crippen LogP contribution < -0.4 is 0 Å². The number of fused-ring (bicyclic) bond motifs is 3. The van der Waals surface area contributed by atoms with Crippen molar-refractivity contribution in [2.24, 2.45) is 0 Å². The van der Waals surface area contributed by atoms with Crippen molar-refractivity contribution >= 4 is 5.78 Å². The number of aliphatic hydroxyl groups excluding tert-OH is 1. The number of ketones is 1. The van der Waals surface area contributed by atoms with Crippen molar-refractivity contribution in [2.45, 2.75) is 58.5 Å². The van der Waals surface area contributed by atoms with Gasteiger partial charge >= 0.3 is 0 Å². The maximum absolute atomic E-state index is 12.9. The first-order valence-electron chi connectivity index (χ1n) is 7.38. The third kappa shape index (κ3) is 1.90. The van der Waals surface area contributed by atoms with Crippen LogP contribution in [0.2, 0.25) is 0 Å². The summed E-state index contributed by atoms with van der Waals surface area (Å²) in [5, 5.41) is 9.23. The summed E-state index contributed by atoms with van der Waals surface area (Å²) in [6.45, 7) is 9.53. The minimum absolute atomic E-state index is 0.00948. The van der Waals surface area contributed by atoms with Crippen molar-refractivity contribution in [3.05, 3.63) is 33.9 Å². The lowest BCUT2D eigenvalue weighted by Crippen LogP contribution is -2.36. The van der Waals surface area contributed by atoms with Crippen molar-refractivity contribution in [1.82, 2.24) is 0 Å². The molecule has 0 bridgehead atoms. The van der Waals surface area contributed by atoms with Gasteiger partial charge in [0, 0.05) is 12.2 Å². The van der Waals surface area contributed by atoms with E-state index in [4.69, 9.17) is 9.47 Å². The number of Topliss-reactive ketones (excluding diaryl/α,β-unsaturated/α-hetero) is 1. The van der Waals surface area contributed by atoms with Gasteiger partial charge in [-0.05, 0) is 63.3 Å². The van der Waals surface area contributed by atoms with E-state index in [1.807, 2.05) is 40.7 Å². The van der Waals surface area contributed by atoms with E-state index in [0.717, 1.165) is 22.3 Å². The Morgan fingerprint density at radius 3 is 2.57 bits per heavy atom. The van der Waals surface area contributed by atoms with Crippen LogP contribution in [0.3, 0.4) is 0 Å². The van der Waals surface area contributed by atoms with Gasteiger partial charge in [-0.25, -0.2) is 0 Å². The summed E-state index contributed by atoms with van der Waals surface area (Å²) in [5.41, 5.74) is 3.78. The van der Waals surface area contributed by atoms with E-state index in [1.54, 1.807) is 0 Å². The van der Waals surface area contributed by atoms with E-state index >= 15 is 0 Å². The third-order valence-electron chi connectivity index (χ3n) is 4.65. The molecule has 114 valence electrons.